The van der Waals surface area contributed by atoms with Crippen molar-refractivity contribution in [3.63, 3.8) is 0 Å². The lowest BCUT2D eigenvalue weighted by Gasteiger charge is -2.25. The molecule has 0 bridgehead atoms. The van der Waals surface area contributed by atoms with Gasteiger partial charge in [0.25, 0.3) is 5.91 Å². The smallest absolute Gasteiger partial charge is 0.273 e. The van der Waals surface area contributed by atoms with E-state index in [1.165, 1.54) is 0 Å². The molecule has 1 aliphatic heterocycles. The molecule has 0 spiro atoms. The maximum atomic E-state index is 12.9. The molecule has 3 heterocycles. The van der Waals surface area contributed by atoms with Crippen LogP contribution in [0.4, 0.5) is 0 Å². The molecule has 34 heavy (non-hydrogen) atoms. The first-order valence-corrected chi connectivity index (χ1v) is 12.3. The molecule has 1 aliphatic rings. The Hall–Kier alpha value is -3.04. The van der Waals surface area contributed by atoms with Crippen LogP contribution in [0.25, 0.3) is 21.5 Å². The van der Waals surface area contributed by atoms with Crippen molar-refractivity contribution in [2.45, 2.75) is 6.54 Å². The summed E-state index contributed by atoms with van der Waals surface area (Å²) >= 11 is 7.53. The van der Waals surface area contributed by atoms with Gasteiger partial charge >= 0.3 is 0 Å². The molecule has 1 N–H and O–H groups in total. The van der Waals surface area contributed by atoms with Crippen LogP contribution in [0.2, 0.25) is 5.02 Å². The molecule has 1 fully saturated rings. The lowest BCUT2D eigenvalue weighted by molar-refractivity contribution is 0.0337. The number of hydrogen-bond acceptors (Lipinski definition) is 6. The number of benzene rings is 2. The van der Waals surface area contributed by atoms with Crippen molar-refractivity contribution in [1.29, 1.82) is 0 Å². The summed E-state index contributed by atoms with van der Waals surface area (Å²) < 4.78 is 7.38. The Morgan fingerprint density at radius 2 is 2.03 bits per heavy atom. The predicted molar refractivity (Wildman–Crippen MR) is 137 cm³/mol. The van der Waals surface area contributed by atoms with E-state index in [-0.39, 0.29) is 5.91 Å². The molecular formula is C25H24ClN5O2S. The van der Waals surface area contributed by atoms with E-state index in [1.807, 2.05) is 42.1 Å². The van der Waals surface area contributed by atoms with Gasteiger partial charge in [-0.2, -0.15) is 5.10 Å². The number of carbonyl (C=O) groups is 1. The van der Waals surface area contributed by atoms with E-state index in [4.69, 9.17) is 21.3 Å². The normalized spacial score (nSPS) is 14.8. The molecule has 2 aromatic heterocycles. The van der Waals surface area contributed by atoms with Crippen LogP contribution in [0.15, 0.2) is 59.1 Å². The number of aryl methyl sites for hydroxylation is 1. The van der Waals surface area contributed by atoms with Crippen molar-refractivity contribution < 1.29 is 9.53 Å². The number of aromatic nitrogens is 2. The minimum atomic E-state index is -0.264. The van der Waals surface area contributed by atoms with Gasteiger partial charge in [-0.05, 0) is 35.9 Å². The van der Waals surface area contributed by atoms with Crippen LogP contribution >= 0.6 is 22.9 Å². The third-order valence-electron chi connectivity index (χ3n) is 5.77. The van der Waals surface area contributed by atoms with Gasteiger partial charge in [0.15, 0.2) is 0 Å². The van der Waals surface area contributed by atoms with E-state index in [2.05, 4.69) is 26.9 Å². The number of morpholine rings is 1. The molecule has 0 saturated carbocycles. The highest BCUT2D eigenvalue weighted by Crippen LogP contribution is 2.30. The van der Waals surface area contributed by atoms with Gasteiger partial charge in [-0.1, -0.05) is 23.7 Å². The number of amides is 1. The number of hydrogen-bond donors (Lipinski definition) is 1. The van der Waals surface area contributed by atoms with E-state index in [1.54, 1.807) is 29.7 Å². The predicted octanol–water partition coefficient (Wildman–Crippen LogP) is 4.55. The number of nitrogens with zero attached hydrogens (tertiary/aromatic N) is 4. The molecule has 1 amide bonds. The van der Waals surface area contributed by atoms with E-state index in [9.17, 15) is 4.79 Å². The maximum Gasteiger partial charge on any atom is 0.273 e. The Labute approximate surface area is 206 Å². The van der Waals surface area contributed by atoms with Gasteiger partial charge in [0, 0.05) is 59.7 Å². The van der Waals surface area contributed by atoms with E-state index >= 15 is 0 Å². The van der Waals surface area contributed by atoms with Gasteiger partial charge in [-0.15, -0.1) is 11.3 Å². The number of ether oxygens (including phenoxy) is 1. The van der Waals surface area contributed by atoms with Crippen LogP contribution in [0.5, 0.6) is 0 Å². The molecular weight excluding hydrogens is 470 g/mol. The Morgan fingerprint density at radius 3 is 2.82 bits per heavy atom. The first-order valence-electron chi connectivity index (χ1n) is 11.0. The average Bonchev–Trinajstić information content (AvgIpc) is 3.45. The molecule has 2 aromatic carbocycles. The Kier molecular flexibility index (Phi) is 6.73. The van der Waals surface area contributed by atoms with Crippen molar-refractivity contribution in [2.24, 2.45) is 12.1 Å². The molecule has 0 unspecified atom stereocenters. The van der Waals surface area contributed by atoms with Gasteiger partial charge in [0.1, 0.15) is 5.01 Å². The maximum absolute atomic E-state index is 12.9. The number of carbonyl (C=O) groups excluding carboxylic acids is 1. The number of fused-ring (bicyclic) bond motifs is 1. The summed E-state index contributed by atoms with van der Waals surface area (Å²) in [6, 6.07) is 13.4. The molecule has 0 radical (unpaired) electrons. The largest absolute Gasteiger partial charge is 0.379 e. The van der Waals surface area contributed by atoms with Crippen molar-refractivity contribution in [3.8, 4) is 10.6 Å². The van der Waals surface area contributed by atoms with Crippen LogP contribution < -0.4 is 5.43 Å². The monoisotopic (exact) mass is 493 g/mol. The van der Waals surface area contributed by atoms with Gasteiger partial charge in [-0.3, -0.25) is 9.69 Å². The fraction of sp³-hybridized carbons (Fsp3) is 0.240. The second kappa shape index (κ2) is 10.1. The molecule has 7 nitrogen and oxygen atoms in total. The Bertz CT molecular complexity index is 1340. The zero-order valence-corrected chi connectivity index (χ0v) is 20.3. The lowest BCUT2D eigenvalue weighted by Crippen LogP contribution is -2.35. The number of halogens is 1. The first kappa shape index (κ1) is 22.7. The molecule has 4 aromatic rings. The molecule has 1 saturated heterocycles. The van der Waals surface area contributed by atoms with Gasteiger partial charge < -0.3 is 9.30 Å². The molecule has 174 valence electrons. The van der Waals surface area contributed by atoms with Crippen LogP contribution in [0.1, 0.15) is 21.6 Å². The summed E-state index contributed by atoms with van der Waals surface area (Å²) in [4.78, 5) is 20.1. The quantitative estimate of drug-likeness (QED) is 0.316. The van der Waals surface area contributed by atoms with Crippen molar-refractivity contribution >= 4 is 46.0 Å². The summed E-state index contributed by atoms with van der Waals surface area (Å²) in [7, 11) is 1.93. The van der Waals surface area contributed by atoms with Gasteiger partial charge in [0.05, 0.1) is 30.7 Å². The van der Waals surface area contributed by atoms with E-state index in [0.717, 1.165) is 65.6 Å². The average molecular weight is 494 g/mol. The number of hydrazone groups is 1. The second-order valence-electron chi connectivity index (χ2n) is 8.17. The second-order valence-corrected chi connectivity index (χ2v) is 9.46. The highest BCUT2D eigenvalue weighted by molar-refractivity contribution is 7.13. The molecule has 5 rings (SSSR count). The van der Waals surface area contributed by atoms with Crippen molar-refractivity contribution in [1.82, 2.24) is 19.9 Å². The standard InChI is InChI=1S/C25H24ClN5O2S/c1-30-15-22(24(32)29-27-13-17-2-5-19(26)6-3-17)21-12-18(4-7-23(21)30)25-28-20(16-34-25)14-31-8-10-33-11-9-31/h2-7,12-13,15-16H,8-11,14H2,1H3,(H,29,32)/b27-13+. The summed E-state index contributed by atoms with van der Waals surface area (Å²) in [5.74, 6) is -0.264. The number of nitrogens with one attached hydrogen (secondary N) is 1. The van der Waals surface area contributed by atoms with Crippen LogP contribution in [-0.2, 0) is 18.3 Å². The minimum Gasteiger partial charge on any atom is -0.379 e. The lowest BCUT2D eigenvalue weighted by atomic mass is 10.1. The molecule has 0 atom stereocenters. The van der Waals surface area contributed by atoms with Crippen LogP contribution in [0.3, 0.4) is 0 Å². The zero-order valence-electron chi connectivity index (χ0n) is 18.7. The van der Waals surface area contributed by atoms with Gasteiger partial charge in [-0.25, -0.2) is 10.4 Å². The minimum absolute atomic E-state index is 0.264. The zero-order chi connectivity index (χ0) is 23.5. The summed E-state index contributed by atoms with van der Waals surface area (Å²) in [5, 5.41) is 8.68. The Balaban J connectivity index is 1.35. The highest BCUT2D eigenvalue weighted by Gasteiger charge is 2.17. The summed E-state index contributed by atoms with van der Waals surface area (Å²) in [6.07, 6.45) is 3.42. The van der Waals surface area contributed by atoms with Crippen LogP contribution in [-0.4, -0.2) is 52.9 Å². The number of thiazole rings is 1. The highest BCUT2D eigenvalue weighted by atomic mass is 35.5. The number of rotatable bonds is 6. The topological polar surface area (TPSA) is 71.8 Å². The molecule has 9 heteroatoms. The van der Waals surface area contributed by atoms with Crippen molar-refractivity contribution in [3.05, 3.63) is 75.9 Å². The summed E-state index contributed by atoms with van der Waals surface area (Å²) in [6.45, 7) is 4.24. The fourth-order valence-electron chi connectivity index (χ4n) is 3.98. The first-order chi connectivity index (χ1) is 16.6. The van der Waals surface area contributed by atoms with Gasteiger partial charge in [0.2, 0.25) is 0 Å². The molecule has 0 aliphatic carbocycles. The third-order valence-corrected chi connectivity index (χ3v) is 6.96. The van der Waals surface area contributed by atoms with E-state index < -0.39 is 0 Å². The third kappa shape index (κ3) is 5.05. The van der Waals surface area contributed by atoms with E-state index in [0.29, 0.717) is 10.6 Å². The van der Waals surface area contributed by atoms with Crippen molar-refractivity contribution in [2.75, 3.05) is 26.3 Å². The van der Waals surface area contributed by atoms with Crippen LogP contribution in [0, 0.1) is 0 Å². The fourth-order valence-corrected chi connectivity index (χ4v) is 4.92. The summed E-state index contributed by atoms with van der Waals surface area (Å²) in [5.41, 5.74) is 7.08. The SMILES string of the molecule is Cn1cc(C(=O)N/N=C/c2ccc(Cl)cc2)c2cc(-c3nc(CN4CCOCC4)cs3)ccc21. The Morgan fingerprint density at radius 1 is 1.24 bits per heavy atom.